The number of rotatable bonds is 2. The monoisotopic (exact) mass is 257 g/mol. The third-order valence-corrected chi connectivity index (χ3v) is 3.48. The van der Waals surface area contributed by atoms with Gasteiger partial charge in [0.15, 0.2) is 5.82 Å². The van der Waals surface area contributed by atoms with Crippen molar-refractivity contribution in [2.75, 3.05) is 13.1 Å². The summed E-state index contributed by atoms with van der Waals surface area (Å²) in [6, 6.07) is 1.98. The number of nitrogens with one attached hydrogen (secondary N) is 2. The summed E-state index contributed by atoms with van der Waals surface area (Å²) in [6.07, 6.45) is 4.18. The SMILES string of the molecule is Cc1cc(-c2ncc(C)[nH]2)nc([C@H]2CCCNC2)n1. The standard InChI is InChI=1S/C14H19N5/c1-9-6-12(14-16-7-10(2)18-14)19-13(17-9)11-4-3-5-15-8-11/h6-7,11,15H,3-5,8H2,1-2H3,(H,16,18)/t11-/m0/s1. The van der Waals surface area contributed by atoms with E-state index in [1.807, 2.05) is 26.1 Å². The number of H-pyrrole nitrogens is 1. The molecular formula is C14H19N5. The van der Waals surface area contributed by atoms with Crippen molar-refractivity contribution in [2.45, 2.75) is 32.6 Å². The van der Waals surface area contributed by atoms with Crippen molar-refractivity contribution in [3.05, 3.63) is 29.5 Å². The van der Waals surface area contributed by atoms with E-state index < -0.39 is 0 Å². The Bertz CT molecular complexity index is 569. The van der Waals surface area contributed by atoms with Crippen molar-refractivity contribution >= 4 is 0 Å². The van der Waals surface area contributed by atoms with Gasteiger partial charge in [-0.25, -0.2) is 15.0 Å². The van der Waals surface area contributed by atoms with Gasteiger partial charge in [0, 0.05) is 30.0 Å². The average molecular weight is 257 g/mol. The van der Waals surface area contributed by atoms with Crippen LogP contribution < -0.4 is 5.32 Å². The van der Waals surface area contributed by atoms with Gasteiger partial charge >= 0.3 is 0 Å². The van der Waals surface area contributed by atoms with Crippen LogP contribution in [-0.4, -0.2) is 33.0 Å². The first-order valence-corrected chi connectivity index (χ1v) is 6.80. The molecule has 0 unspecified atom stereocenters. The molecule has 1 saturated heterocycles. The molecule has 0 spiro atoms. The lowest BCUT2D eigenvalue weighted by Crippen LogP contribution is -2.29. The van der Waals surface area contributed by atoms with Gasteiger partial charge in [-0.15, -0.1) is 0 Å². The Morgan fingerprint density at radius 2 is 2.16 bits per heavy atom. The maximum Gasteiger partial charge on any atom is 0.156 e. The van der Waals surface area contributed by atoms with E-state index >= 15 is 0 Å². The minimum absolute atomic E-state index is 0.420. The summed E-state index contributed by atoms with van der Waals surface area (Å²) >= 11 is 0. The Hall–Kier alpha value is -1.75. The zero-order valence-electron chi connectivity index (χ0n) is 11.4. The molecular weight excluding hydrogens is 238 g/mol. The smallest absolute Gasteiger partial charge is 0.156 e. The van der Waals surface area contributed by atoms with E-state index in [1.165, 1.54) is 6.42 Å². The number of aromatic nitrogens is 4. The van der Waals surface area contributed by atoms with Crippen LogP contribution in [-0.2, 0) is 0 Å². The molecule has 2 aromatic heterocycles. The Morgan fingerprint density at radius 1 is 1.26 bits per heavy atom. The second kappa shape index (κ2) is 5.09. The number of piperidine rings is 1. The highest BCUT2D eigenvalue weighted by molar-refractivity contribution is 5.50. The summed E-state index contributed by atoms with van der Waals surface area (Å²) in [6.45, 7) is 6.09. The molecule has 3 heterocycles. The Kier molecular flexibility index (Phi) is 3.29. The van der Waals surface area contributed by atoms with E-state index in [0.29, 0.717) is 5.92 Å². The first-order valence-electron chi connectivity index (χ1n) is 6.80. The van der Waals surface area contributed by atoms with E-state index in [0.717, 1.165) is 48.2 Å². The number of aromatic amines is 1. The summed E-state index contributed by atoms with van der Waals surface area (Å²) in [4.78, 5) is 16.9. The topological polar surface area (TPSA) is 66.5 Å². The fraction of sp³-hybridized carbons (Fsp3) is 0.500. The molecule has 1 fully saturated rings. The van der Waals surface area contributed by atoms with Gasteiger partial charge in [0.05, 0.1) is 0 Å². The first-order chi connectivity index (χ1) is 9.22. The van der Waals surface area contributed by atoms with Crippen LogP contribution >= 0.6 is 0 Å². The third-order valence-electron chi connectivity index (χ3n) is 3.48. The molecule has 19 heavy (non-hydrogen) atoms. The van der Waals surface area contributed by atoms with E-state index in [2.05, 4.69) is 20.3 Å². The molecule has 5 heteroatoms. The number of hydrogen-bond donors (Lipinski definition) is 2. The fourth-order valence-electron chi connectivity index (χ4n) is 2.51. The van der Waals surface area contributed by atoms with Crippen molar-refractivity contribution in [3.63, 3.8) is 0 Å². The fourth-order valence-corrected chi connectivity index (χ4v) is 2.51. The highest BCUT2D eigenvalue weighted by Crippen LogP contribution is 2.23. The normalized spacial score (nSPS) is 19.6. The van der Waals surface area contributed by atoms with E-state index in [4.69, 9.17) is 4.98 Å². The Labute approximate surface area is 112 Å². The van der Waals surface area contributed by atoms with Gasteiger partial charge in [-0.05, 0) is 39.3 Å². The van der Waals surface area contributed by atoms with Crippen LogP contribution in [0.15, 0.2) is 12.3 Å². The number of aryl methyl sites for hydroxylation is 2. The largest absolute Gasteiger partial charge is 0.341 e. The quantitative estimate of drug-likeness (QED) is 0.863. The molecule has 0 saturated carbocycles. The van der Waals surface area contributed by atoms with Gasteiger partial charge in [-0.1, -0.05) is 0 Å². The molecule has 0 bridgehead atoms. The molecule has 3 rings (SSSR count). The van der Waals surface area contributed by atoms with Gasteiger partial charge in [-0.3, -0.25) is 0 Å². The van der Waals surface area contributed by atoms with Crippen molar-refractivity contribution in [1.82, 2.24) is 25.3 Å². The molecule has 5 nitrogen and oxygen atoms in total. The summed E-state index contributed by atoms with van der Waals surface area (Å²) in [5.41, 5.74) is 2.94. The molecule has 2 aromatic rings. The molecule has 0 amide bonds. The van der Waals surface area contributed by atoms with Crippen LogP contribution in [0.5, 0.6) is 0 Å². The van der Waals surface area contributed by atoms with Crippen LogP contribution in [0.1, 0.15) is 36.0 Å². The second-order valence-electron chi connectivity index (χ2n) is 5.21. The summed E-state index contributed by atoms with van der Waals surface area (Å²) in [7, 11) is 0. The van der Waals surface area contributed by atoms with Crippen molar-refractivity contribution < 1.29 is 0 Å². The third kappa shape index (κ3) is 2.66. The lowest BCUT2D eigenvalue weighted by molar-refractivity contribution is 0.446. The highest BCUT2D eigenvalue weighted by atomic mass is 15.0. The molecule has 0 radical (unpaired) electrons. The highest BCUT2D eigenvalue weighted by Gasteiger charge is 2.19. The molecule has 100 valence electrons. The molecule has 2 N–H and O–H groups in total. The predicted molar refractivity (Wildman–Crippen MR) is 73.9 cm³/mol. The number of nitrogens with zero attached hydrogens (tertiary/aromatic N) is 3. The summed E-state index contributed by atoms with van der Waals surface area (Å²) in [5, 5.41) is 3.41. The predicted octanol–water partition coefficient (Wildman–Crippen LogP) is 1.95. The number of imidazole rings is 1. The zero-order valence-corrected chi connectivity index (χ0v) is 11.4. The van der Waals surface area contributed by atoms with Crippen molar-refractivity contribution in [1.29, 1.82) is 0 Å². The minimum Gasteiger partial charge on any atom is -0.341 e. The zero-order chi connectivity index (χ0) is 13.2. The van der Waals surface area contributed by atoms with Crippen LogP contribution in [0.4, 0.5) is 0 Å². The van der Waals surface area contributed by atoms with Gasteiger partial charge in [0.25, 0.3) is 0 Å². The van der Waals surface area contributed by atoms with Gasteiger partial charge in [0.1, 0.15) is 11.5 Å². The maximum absolute atomic E-state index is 4.70. The lowest BCUT2D eigenvalue weighted by Gasteiger charge is -2.21. The van der Waals surface area contributed by atoms with Gasteiger partial charge in [-0.2, -0.15) is 0 Å². The van der Waals surface area contributed by atoms with Gasteiger partial charge < -0.3 is 10.3 Å². The van der Waals surface area contributed by atoms with Crippen molar-refractivity contribution in [2.24, 2.45) is 0 Å². The molecule has 1 atom stereocenters. The summed E-state index contributed by atoms with van der Waals surface area (Å²) < 4.78 is 0. The second-order valence-corrected chi connectivity index (χ2v) is 5.21. The average Bonchev–Trinajstić information content (AvgIpc) is 2.86. The van der Waals surface area contributed by atoms with Crippen LogP contribution in [0, 0.1) is 13.8 Å². The minimum atomic E-state index is 0.420. The molecule has 0 aromatic carbocycles. The van der Waals surface area contributed by atoms with Gasteiger partial charge in [0.2, 0.25) is 0 Å². The van der Waals surface area contributed by atoms with E-state index in [-0.39, 0.29) is 0 Å². The Morgan fingerprint density at radius 3 is 2.84 bits per heavy atom. The van der Waals surface area contributed by atoms with E-state index in [9.17, 15) is 0 Å². The van der Waals surface area contributed by atoms with E-state index in [1.54, 1.807) is 0 Å². The van der Waals surface area contributed by atoms with Crippen LogP contribution in [0.3, 0.4) is 0 Å². The molecule has 0 aliphatic carbocycles. The first kappa shape index (κ1) is 12.3. The number of hydrogen-bond acceptors (Lipinski definition) is 4. The summed E-state index contributed by atoms with van der Waals surface area (Å²) in [5.74, 6) is 2.19. The van der Waals surface area contributed by atoms with Crippen molar-refractivity contribution in [3.8, 4) is 11.5 Å². The lowest BCUT2D eigenvalue weighted by atomic mass is 9.98. The Balaban J connectivity index is 1.95. The maximum atomic E-state index is 4.70. The van der Waals surface area contributed by atoms with Crippen LogP contribution in [0.25, 0.3) is 11.5 Å². The molecule has 1 aliphatic heterocycles. The van der Waals surface area contributed by atoms with Crippen LogP contribution in [0.2, 0.25) is 0 Å². The molecule has 1 aliphatic rings.